The van der Waals surface area contributed by atoms with Gasteiger partial charge in [0.1, 0.15) is 0 Å². The molecule has 0 N–H and O–H groups in total. The van der Waals surface area contributed by atoms with Gasteiger partial charge in [-0.2, -0.15) is 0 Å². The zero-order chi connectivity index (χ0) is 2.00. The molecule has 1 nitrogen and oxygen atoms in total. The molecule has 0 amide bonds. The minimum absolute atomic E-state index is 0. The van der Waals surface area contributed by atoms with Crippen LogP contribution in [0.4, 0.5) is 0 Å². The molecular weight excluding hydrogens is 113 g/mol. The van der Waals surface area contributed by atoms with E-state index in [0.717, 1.165) is 0 Å². The van der Waals surface area contributed by atoms with Crippen molar-refractivity contribution in [3.63, 3.8) is 0 Å². The first kappa shape index (κ1) is 19.9. The van der Waals surface area contributed by atoms with E-state index in [2.05, 4.69) is 6.57 Å². The SMILES string of the molecule is C#N.[Cu].[NaH]. The summed E-state index contributed by atoms with van der Waals surface area (Å²) in [6.07, 6.45) is 0. The van der Waals surface area contributed by atoms with Crippen LogP contribution in [0.15, 0.2) is 0 Å². The Morgan fingerprint density at radius 3 is 1.25 bits per heavy atom. The van der Waals surface area contributed by atoms with Crippen LogP contribution in [0.1, 0.15) is 0 Å². The predicted octanol–water partition coefficient (Wildman–Crippen LogP) is -0.511. The van der Waals surface area contributed by atoms with E-state index >= 15 is 0 Å². The van der Waals surface area contributed by atoms with Crippen molar-refractivity contribution < 1.29 is 17.1 Å². The first-order valence-corrected chi connectivity index (χ1v) is 0.258. The first-order chi connectivity index (χ1) is 1.00. The van der Waals surface area contributed by atoms with Crippen LogP contribution in [0.2, 0.25) is 0 Å². The fourth-order valence-corrected chi connectivity index (χ4v) is 0. The molecule has 0 heterocycles. The summed E-state index contributed by atoms with van der Waals surface area (Å²) in [5.41, 5.74) is 0. The van der Waals surface area contributed by atoms with Gasteiger partial charge in [-0.05, 0) is 0 Å². The summed E-state index contributed by atoms with van der Waals surface area (Å²) in [7, 11) is 0. The van der Waals surface area contributed by atoms with Gasteiger partial charge in [0.2, 0.25) is 0 Å². The van der Waals surface area contributed by atoms with E-state index in [1.165, 1.54) is 0 Å². The first-order valence-electron chi connectivity index (χ1n) is 0.258. The standard InChI is InChI=1S/CHN.Cu.Na.H/c1-2;;;/h1H;;;. The second kappa shape index (κ2) is 35.6. The van der Waals surface area contributed by atoms with E-state index in [0.29, 0.717) is 0 Å². The van der Waals surface area contributed by atoms with Gasteiger partial charge in [0.25, 0.3) is 0 Å². The summed E-state index contributed by atoms with van der Waals surface area (Å²) in [5.74, 6) is 0. The van der Waals surface area contributed by atoms with E-state index in [1.54, 1.807) is 0 Å². The third-order valence-electron chi connectivity index (χ3n) is 0. The van der Waals surface area contributed by atoms with Crippen molar-refractivity contribution in [2.24, 2.45) is 0 Å². The topological polar surface area (TPSA) is 23.8 Å². The molecule has 0 aromatic rings. The Morgan fingerprint density at radius 1 is 1.25 bits per heavy atom. The molecule has 0 fully saturated rings. The molecule has 0 aliphatic carbocycles. The molecule has 1 radical (unpaired) electrons. The van der Waals surface area contributed by atoms with Crippen LogP contribution in [0.5, 0.6) is 0 Å². The summed E-state index contributed by atoms with van der Waals surface area (Å²) in [6, 6.07) is 0. The zero-order valence-electron chi connectivity index (χ0n) is 1.33. The summed E-state index contributed by atoms with van der Waals surface area (Å²) in [5, 5.41) is 6.50. The monoisotopic (exact) mass is 114 g/mol. The predicted molar refractivity (Wildman–Crippen MR) is 13.8 cm³/mol. The minimum atomic E-state index is 0. The molecule has 4 heavy (non-hydrogen) atoms. The van der Waals surface area contributed by atoms with Crippen LogP contribution < -0.4 is 0 Å². The molecule has 0 atom stereocenters. The summed E-state index contributed by atoms with van der Waals surface area (Å²) in [6.45, 7) is 3.50. The van der Waals surface area contributed by atoms with Gasteiger partial charge in [0, 0.05) is 23.6 Å². The van der Waals surface area contributed by atoms with Crippen molar-refractivity contribution in [3.8, 4) is 6.57 Å². The van der Waals surface area contributed by atoms with Crippen molar-refractivity contribution >= 4 is 29.6 Å². The summed E-state index contributed by atoms with van der Waals surface area (Å²) >= 11 is 0. The quantitative estimate of drug-likeness (QED) is 0.389. The van der Waals surface area contributed by atoms with E-state index in [1.807, 2.05) is 0 Å². The second-order valence-electron chi connectivity index (χ2n) is 0. The van der Waals surface area contributed by atoms with Crippen LogP contribution in [-0.4, -0.2) is 29.6 Å². The summed E-state index contributed by atoms with van der Waals surface area (Å²) < 4.78 is 0. The molecule has 0 rings (SSSR count). The molecular formula is CH2CuNNa. The van der Waals surface area contributed by atoms with Crippen LogP contribution in [0, 0.1) is 11.8 Å². The van der Waals surface area contributed by atoms with Gasteiger partial charge >= 0.3 is 29.6 Å². The average Bonchev–Trinajstić information content (AvgIpc) is 1.00. The van der Waals surface area contributed by atoms with Gasteiger partial charge in [0.05, 0.1) is 0 Å². The number of hydrogen-bond acceptors (Lipinski definition) is 1. The molecule has 0 aliphatic heterocycles. The number of nitrogens with zero attached hydrogens (tertiary/aromatic N) is 1. The van der Waals surface area contributed by atoms with Crippen LogP contribution in [0.3, 0.4) is 0 Å². The Morgan fingerprint density at radius 2 is 1.25 bits per heavy atom. The van der Waals surface area contributed by atoms with E-state index in [9.17, 15) is 0 Å². The van der Waals surface area contributed by atoms with Crippen molar-refractivity contribution in [1.29, 1.82) is 5.26 Å². The van der Waals surface area contributed by atoms with Gasteiger partial charge in [-0.15, -0.1) is 0 Å². The van der Waals surface area contributed by atoms with Gasteiger partial charge in [-0.3, -0.25) is 0 Å². The molecule has 0 aromatic heterocycles. The summed E-state index contributed by atoms with van der Waals surface area (Å²) in [4.78, 5) is 0. The molecule has 0 saturated carbocycles. The van der Waals surface area contributed by atoms with Crippen LogP contribution in [0.25, 0.3) is 0 Å². The Labute approximate surface area is 58.1 Å². The van der Waals surface area contributed by atoms with Gasteiger partial charge in [-0.1, -0.05) is 0 Å². The second-order valence-corrected chi connectivity index (χ2v) is 0. The molecule has 0 bridgehead atoms. The third-order valence-corrected chi connectivity index (χ3v) is 0. The van der Waals surface area contributed by atoms with Crippen molar-refractivity contribution in [1.82, 2.24) is 0 Å². The van der Waals surface area contributed by atoms with E-state index in [4.69, 9.17) is 5.26 Å². The Balaban J connectivity index is -0.00000000500. The van der Waals surface area contributed by atoms with Crippen molar-refractivity contribution in [2.45, 2.75) is 0 Å². The maximum absolute atomic E-state index is 6.50. The number of hydrogen-bond donors (Lipinski definition) is 0. The number of rotatable bonds is 0. The molecule has 0 unspecified atom stereocenters. The fraction of sp³-hybridized carbons (Fsp3) is 0. The van der Waals surface area contributed by atoms with E-state index in [-0.39, 0.29) is 46.6 Å². The fourth-order valence-electron chi connectivity index (χ4n) is 0. The number of nitriles is 1. The Kier molecular flexibility index (Phi) is 178. The van der Waals surface area contributed by atoms with E-state index < -0.39 is 0 Å². The van der Waals surface area contributed by atoms with Gasteiger partial charge in [-0.25, -0.2) is 5.26 Å². The Bertz CT molecular complexity index is 12.8. The van der Waals surface area contributed by atoms with Crippen LogP contribution in [-0.2, 0) is 17.1 Å². The molecule has 0 spiro atoms. The third kappa shape index (κ3) is 11.9. The molecule has 0 aromatic carbocycles. The normalized spacial score (nSPS) is 0.500. The molecule has 0 saturated heterocycles. The van der Waals surface area contributed by atoms with Gasteiger partial charge < -0.3 is 0 Å². The maximum atomic E-state index is 6.50. The van der Waals surface area contributed by atoms with Crippen LogP contribution >= 0.6 is 0 Å². The Hall–Kier alpha value is 1.01. The molecule has 23 valence electrons. The van der Waals surface area contributed by atoms with Crippen molar-refractivity contribution in [3.05, 3.63) is 0 Å². The van der Waals surface area contributed by atoms with Crippen molar-refractivity contribution in [2.75, 3.05) is 0 Å². The molecule has 0 aliphatic rings. The average molecular weight is 115 g/mol. The molecule has 3 heteroatoms. The van der Waals surface area contributed by atoms with Gasteiger partial charge in [0.15, 0.2) is 0 Å². The zero-order valence-corrected chi connectivity index (χ0v) is 2.27.